The van der Waals surface area contributed by atoms with Crippen LogP contribution < -0.4 is 5.32 Å². The Labute approximate surface area is 127 Å². The summed E-state index contributed by atoms with van der Waals surface area (Å²) in [7, 11) is 0. The maximum atomic E-state index is 12.8. The third-order valence-corrected chi connectivity index (χ3v) is 3.55. The molecule has 2 nitrogen and oxygen atoms in total. The van der Waals surface area contributed by atoms with Crippen molar-refractivity contribution in [2.75, 3.05) is 5.32 Å². The van der Waals surface area contributed by atoms with Crippen LogP contribution >= 0.6 is 15.9 Å². The fourth-order valence-corrected chi connectivity index (χ4v) is 2.12. The van der Waals surface area contributed by atoms with Crippen molar-refractivity contribution in [3.8, 4) is 0 Å². The molecule has 7 heteroatoms. The predicted molar refractivity (Wildman–Crippen MR) is 75.4 cm³/mol. The number of pyridine rings is 1. The van der Waals surface area contributed by atoms with Gasteiger partial charge in [-0.3, -0.25) is 4.98 Å². The van der Waals surface area contributed by atoms with Gasteiger partial charge in [0, 0.05) is 10.2 Å². The Bertz CT molecular complexity index is 626. The number of benzene rings is 1. The Morgan fingerprint density at radius 2 is 1.90 bits per heavy atom. The maximum Gasteiger partial charge on any atom is 0.416 e. The molecule has 1 unspecified atom stereocenters. The van der Waals surface area contributed by atoms with Crippen molar-refractivity contribution in [3.63, 3.8) is 0 Å². The summed E-state index contributed by atoms with van der Waals surface area (Å²) in [6.07, 6.45) is -3.34. The zero-order chi connectivity index (χ0) is 15.6. The molecule has 0 aliphatic rings. The second kappa shape index (κ2) is 6.01. The molecule has 2 aromatic rings. The van der Waals surface area contributed by atoms with E-state index in [0.29, 0.717) is 15.9 Å². The SMILES string of the molecule is CC(Nc1cc(C(F)(F)F)ccc1Br)c1ccc(F)cn1. The third kappa shape index (κ3) is 3.93. The number of anilines is 1. The van der Waals surface area contributed by atoms with E-state index in [0.717, 1.165) is 18.3 Å². The number of rotatable bonds is 3. The molecule has 1 heterocycles. The smallest absolute Gasteiger partial charge is 0.376 e. The van der Waals surface area contributed by atoms with E-state index in [1.807, 2.05) is 0 Å². The number of hydrogen-bond acceptors (Lipinski definition) is 2. The van der Waals surface area contributed by atoms with Crippen LogP contribution in [0.1, 0.15) is 24.2 Å². The second-order valence-corrected chi connectivity index (χ2v) is 5.31. The van der Waals surface area contributed by atoms with E-state index < -0.39 is 17.6 Å². The van der Waals surface area contributed by atoms with Gasteiger partial charge in [-0.1, -0.05) is 0 Å². The number of nitrogens with one attached hydrogen (secondary N) is 1. The Morgan fingerprint density at radius 3 is 2.48 bits per heavy atom. The molecule has 0 amide bonds. The highest BCUT2D eigenvalue weighted by Crippen LogP contribution is 2.35. The van der Waals surface area contributed by atoms with Crippen molar-refractivity contribution < 1.29 is 17.6 Å². The molecule has 1 N–H and O–H groups in total. The molecule has 1 aromatic carbocycles. The van der Waals surface area contributed by atoms with E-state index in [4.69, 9.17) is 0 Å². The van der Waals surface area contributed by atoms with Crippen molar-refractivity contribution in [2.24, 2.45) is 0 Å². The summed E-state index contributed by atoms with van der Waals surface area (Å²) in [6, 6.07) is 5.71. The average molecular weight is 363 g/mol. The molecule has 0 spiro atoms. The van der Waals surface area contributed by atoms with Crippen LogP contribution in [0.2, 0.25) is 0 Å². The number of halogens is 5. The molecule has 0 aliphatic heterocycles. The summed E-state index contributed by atoms with van der Waals surface area (Å²) in [5, 5.41) is 2.93. The molecule has 0 fully saturated rings. The van der Waals surface area contributed by atoms with Crippen LogP contribution in [0.5, 0.6) is 0 Å². The van der Waals surface area contributed by atoms with Crippen LogP contribution in [0.3, 0.4) is 0 Å². The van der Waals surface area contributed by atoms with Crippen molar-refractivity contribution in [3.05, 3.63) is 58.1 Å². The lowest BCUT2D eigenvalue weighted by atomic mass is 10.1. The molecule has 0 aliphatic carbocycles. The lowest BCUT2D eigenvalue weighted by Crippen LogP contribution is -2.11. The standard InChI is InChI=1S/C14H11BrF4N2/c1-8(12-5-3-10(16)7-20-12)21-13-6-9(14(17,18)19)2-4-11(13)15/h2-8,21H,1H3. The first-order chi connectivity index (χ1) is 9.77. The average Bonchev–Trinajstić information content (AvgIpc) is 2.40. The Balaban J connectivity index is 2.24. The minimum atomic E-state index is -4.41. The number of nitrogens with zero attached hydrogens (tertiary/aromatic N) is 1. The summed E-state index contributed by atoms with van der Waals surface area (Å²) in [5.41, 5.74) is 0.0802. The molecule has 0 saturated carbocycles. The monoisotopic (exact) mass is 362 g/mol. The van der Waals surface area contributed by atoms with E-state index in [2.05, 4.69) is 26.2 Å². The molecule has 0 saturated heterocycles. The lowest BCUT2D eigenvalue weighted by Gasteiger charge is -2.17. The van der Waals surface area contributed by atoms with Crippen LogP contribution in [0.15, 0.2) is 41.0 Å². The molecule has 21 heavy (non-hydrogen) atoms. The maximum absolute atomic E-state index is 12.8. The largest absolute Gasteiger partial charge is 0.416 e. The van der Waals surface area contributed by atoms with Gasteiger partial charge < -0.3 is 5.32 Å². The summed E-state index contributed by atoms with van der Waals surface area (Å²) in [4.78, 5) is 3.90. The number of alkyl halides is 3. The molecular formula is C14H11BrF4N2. The van der Waals surface area contributed by atoms with Gasteiger partial charge in [0.1, 0.15) is 5.82 Å². The predicted octanol–water partition coefficient (Wildman–Crippen LogP) is 5.18. The van der Waals surface area contributed by atoms with Crippen molar-refractivity contribution in [1.29, 1.82) is 0 Å². The minimum Gasteiger partial charge on any atom is -0.376 e. The van der Waals surface area contributed by atoms with E-state index in [9.17, 15) is 17.6 Å². The van der Waals surface area contributed by atoms with Gasteiger partial charge in [-0.2, -0.15) is 13.2 Å². The molecular weight excluding hydrogens is 352 g/mol. The van der Waals surface area contributed by atoms with Crippen LogP contribution in [0.25, 0.3) is 0 Å². The van der Waals surface area contributed by atoms with Crippen LogP contribution in [-0.4, -0.2) is 4.98 Å². The molecule has 2 rings (SSSR count). The van der Waals surface area contributed by atoms with Crippen molar-refractivity contribution in [2.45, 2.75) is 19.1 Å². The van der Waals surface area contributed by atoms with E-state index in [-0.39, 0.29) is 6.04 Å². The molecule has 1 atom stereocenters. The zero-order valence-electron chi connectivity index (χ0n) is 10.9. The first kappa shape index (κ1) is 15.8. The van der Waals surface area contributed by atoms with E-state index >= 15 is 0 Å². The molecule has 0 radical (unpaired) electrons. The van der Waals surface area contributed by atoms with E-state index in [1.165, 1.54) is 18.2 Å². The molecule has 112 valence electrons. The zero-order valence-corrected chi connectivity index (χ0v) is 12.5. The lowest BCUT2D eigenvalue weighted by molar-refractivity contribution is -0.137. The van der Waals surface area contributed by atoms with Crippen molar-refractivity contribution >= 4 is 21.6 Å². The van der Waals surface area contributed by atoms with Gasteiger partial charge in [0.25, 0.3) is 0 Å². The molecule has 0 bridgehead atoms. The first-order valence-corrected chi connectivity index (χ1v) is 6.81. The quantitative estimate of drug-likeness (QED) is 0.761. The Hall–Kier alpha value is -1.63. The molecule has 1 aromatic heterocycles. The van der Waals surface area contributed by atoms with Crippen LogP contribution in [0.4, 0.5) is 23.2 Å². The van der Waals surface area contributed by atoms with Crippen LogP contribution in [0, 0.1) is 5.82 Å². The van der Waals surface area contributed by atoms with Gasteiger partial charge in [-0.25, -0.2) is 4.39 Å². The fraction of sp³-hybridized carbons (Fsp3) is 0.214. The highest BCUT2D eigenvalue weighted by molar-refractivity contribution is 9.10. The van der Waals surface area contributed by atoms with Crippen LogP contribution in [-0.2, 0) is 6.18 Å². The normalized spacial score (nSPS) is 13.0. The summed E-state index contributed by atoms with van der Waals surface area (Å²) in [6.45, 7) is 1.73. The third-order valence-electron chi connectivity index (χ3n) is 2.86. The first-order valence-electron chi connectivity index (χ1n) is 6.02. The Kier molecular flexibility index (Phi) is 4.51. The van der Waals surface area contributed by atoms with Gasteiger partial charge in [0.2, 0.25) is 0 Å². The van der Waals surface area contributed by atoms with Gasteiger partial charge in [0.15, 0.2) is 0 Å². The van der Waals surface area contributed by atoms with Crippen molar-refractivity contribution in [1.82, 2.24) is 4.98 Å². The summed E-state index contributed by atoms with van der Waals surface area (Å²) < 4.78 is 51.4. The topological polar surface area (TPSA) is 24.9 Å². The minimum absolute atomic E-state index is 0.295. The summed E-state index contributed by atoms with van der Waals surface area (Å²) >= 11 is 3.20. The summed E-state index contributed by atoms with van der Waals surface area (Å²) in [5.74, 6) is -0.466. The number of aromatic nitrogens is 1. The van der Waals surface area contributed by atoms with Gasteiger partial charge >= 0.3 is 6.18 Å². The Morgan fingerprint density at radius 1 is 1.19 bits per heavy atom. The van der Waals surface area contributed by atoms with E-state index in [1.54, 1.807) is 6.92 Å². The highest BCUT2D eigenvalue weighted by atomic mass is 79.9. The second-order valence-electron chi connectivity index (χ2n) is 4.46. The van der Waals surface area contributed by atoms with Gasteiger partial charge in [-0.05, 0) is 53.2 Å². The highest BCUT2D eigenvalue weighted by Gasteiger charge is 2.31. The van der Waals surface area contributed by atoms with Gasteiger partial charge in [-0.15, -0.1) is 0 Å². The fourth-order valence-electron chi connectivity index (χ4n) is 1.76. The van der Waals surface area contributed by atoms with Gasteiger partial charge in [0.05, 0.1) is 23.5 Å². The number of hydrogen-bond donors (Lipinski definition) is 1.